The van der Waals surface area contributed by atoms with Crippen LogP contribution in [-0.4, -0.2) is 41.9 Å². The van der Waals surface area contributed by atoms with E-state index in [0.717, 1.165) is 0 Å². The minimum atomic E-state index is -1.17. The van der Waals surface area contributed by atoms with Gasteiger partial charge in [0.1, 0.15) is 11.6 Å². The summed E-state index contributed by atoms with van der Waals surface area (Å²) in [5, 5.41) is 11.5. The van der Waals surface area contributed by atoms with Crippen LogP contribution >= 0.6 is 0 Å². The Morgan fingerprint density at radius 2 is 1.86 bits per heavy atom. The Balaban J connectivity index is 4.61. The van der Waals surface area contributed by atoms with Gasteiger partial charge in [-0.05, 0) is 33.1 Å². The van der Waals surface area contributed by atoms with Gasteiger partial charge in [-0.1, -0.05) is 13.0 Å². The standard InChI is InChI=1S/C14H23NO6/c1-9(7-6-8-10(16)20-5)11(12(17)18)15-13(19)21-14(2,3)4/h6,8-9,11H,7H2,1-5H3,(H,15,19)(H,17,18)/t9?,11-/m0/s1. The monoisotopic (exact) mass is 301 g/mol. The number of ether oxygens (including phenoxy) is 2. The lowest BCUT2D eigenvalue weighted by molar-refractivity contribution is -0.140. The predicted octanol–water partition coefficient (Wildman–Crippen LogP) is 1.72. The molecule has 7 nitrogen and oxygen atoms in total. The van der Waals surface area contributed by atoms with E-state index in [0.29, 0.717) is 6.42 Å². The van der Waals surface area contributed by atoms with Crippen LogP contribution < -0.4 is 5.32 Å². The van der Waals surface area contributed by atoms with Crippen LogP contribution in [0.4, 0.5) is 4.79 Å². The first kappa shape index (κ1) is 18.9. The van der Waals surface area contributed by atoms with Crippen LogP contribution in [0, 0.1) is 5.92 Å². The van der Waals surface area contributed by atoms with Crippen molar-refractivity contribution in [2.24, 2.45) is 5.92 Å². The summed E-state index contributed by atoms with van der Waals surface area (Å²) in [5.74, 6) is -2.11. The lowest BCUT2D eigenvalue weighted by atomic mass is 9.98. The Morgan fingerprint density at radius 1 is 1.29 bits per heavy atom. The maximum Gasteiger partial charge on any atom is 0.408 e. The molecule has 0 bridgehead atoms. The number of hydrogen-bond donors (Lipinski definition) is 2. The molecule has 0 aromatic carbocycles. The molecule has 0 aromatic heterocycles. The third kappa shape index (κ3) is 8.67. The summed E-state index contributed by atoms with van der Waals surface area (Å²) in [4.78, 5) is 33.7. The van der Waals surface area contributed by atoms with E-state index in [1.54, 1.807) is 27.7 Å². The molecule has 0 aliphatic rings. The van der Waals surface area contributed by atoms with Gasteiger partial charge in [0.15, 0.2) is 0 Å². The first-order chi connectivity index (χ1) is 9.56. The van der Waals surface area contributed by atoms with Crippen molar-refractivity contribution in [1.29, 1.82) is 0 Å². The molecule has 0 saturated heterocycles. The van der Waals surface area contributed by atoms with E-state index in [4.69, 9.17) is 9.84 Å². The molecular formula is C14H23NO6. The Hall–Kier alpha value is -2.05. The van der Waals surface area contributed by atoms with E-state index in [9.17, 15) is 14.4 Å². The molecule has 2 atom stereocenters. The Morgan fingerprint density at radius 3 is 2.29 bits per heavy atom. The van der Waals surface area contributed by atoms with Crippen molar-refractivity contribution < 1.29 is 29.0 Å². The minimum Gasteiger partial charge on any atom is -0.480 e. The highest BCUT2D eigenvalue weighted by molar-refractivity contribution is 5.82. The lowest BCUT2D eigenvalue weighted by Crippen LogP contribution is -2.46. The number of amides is 1. The molecule has 0 aliphatic carbocycles. The van der Waals surface area contributed by atoms with Gasteiger partial charge in [-0.3, -0.25) is 0 Å². The number of alkyl carbamates (subject to hydrolysis) is 1. The smallest absolute Gasteiger partial charge is 0.408 e. The van der Waals surface area contributed by atoms with Crippen molar-refractivity contribution in [1.82, 2.24) is 5.32 Å². The average molecular weight is 301 g/mol. The molecule has 120 valence electrons. The minimum absolute atomic E-state index is 0.294. The van der Waals surface area contributed by atoms with E-state index >= 15 is 0 Å². The summed E-state index contributed by atoms with van der Waals surface area (Å²) < 4.78 is 9.45. The van der Waals surface area contributed by atoms with E-state index in [-0.39, 0.29) is 0 Å². The highest BCUT2D eigenvalue weighted by atomic mass is 16.6. The van der Waals surface area contributed by atoms with Gasteiger partial charge in [-0.25, -0.2) is 14.4 Å². The summed E-state index contributed by atoms with van der Waals surface area (Å²) in [5.41, 5.74) is -0.707. The molecule has 0 radical (unpaired) electrons. The SMILES string of the molecule is COC(=O)C=CCC(C)[C@H](NC(=O)OC(C)(C)C)C(=O)O. The predicted molar refractivity (Wildman–Crippen MR) is 75.7 cm³/mol. The summed E-state index contributed by atoms with van der Waals surface area (Å²) in [6.45, 7) is 6.71. The largest absolute Gasteiger partial charge is 0.480 e. The molecule has 0 fully saturated rings. The van der Waals surface area contributed by atoms with E-state index in [1.807, 2.05) is 0 Å². The first-order valence-electron chi connectivity index (χ1n) is 6.53. The van der Waals surface area contributed by atoms with Crippen molar-refractivity contribution >= 4 is 18.0 Å². The van der Waals surface area contributed by atoms with Crippen LogP contribution in [0.3, 0.4) is 0 Å². The molecule has 0 saturated carbocycles. The van der Waals surface area contributed by atoms with Crippen molar-refractivity contribution in [2.75, 3.05) is 7.11 Å². The third-order valence-corrected chi connectivity index (χ3v) is 2.47. The van der Waals surface area contributed by atoms with Crippen molar-refractivity contribution in [2.45, 2.75) is 45.8 Å². The van der Waals surface area contributed by atoms with Gasteiger partial charge in [0.2, 0.25) is 0 Å². The second-order valence-electron chi connectivity index (χ2n) is 5.60. The molecule has 0 heterocycles. The number of hydrogen-bond acceptors (Lipinski definition) is 5. The molecule has 0 aromatic rings. The Labute approximate surface area is 124 Å². The lowest BCUT2D eigenvalue weighted by Gasteiger charge is -2.24. The number of methoxy groups -OCH3 is 1. The molecule has 0 aliphatic heterocycles. The molecule has 2 N–H and O–H groups in total. The van der Waals surface area contributed by atoms with Gasteiger partial charge in [0.05, 0.1) is 7.11 Å². The zero-order valence-corrected chi connectivity index (χ0v) is 13.0. The topological polar surface area (TPSA) is 102 Å². The zero-order chi connectivity index (χ0) is 16.6. The van der Waals surface area contributed by atoms with Crippen molar-refractivity contribution in [3.63, 3.8) is 0 Å². The Bertz CT molecular complexity index is 410. The summed E-state index contributed by atoms with van der Waals surface area (Å²) >= 11 is 0. The number of aliphatic carboxylic acids is 1. The normalized spacial score (nSPS) is 14.3. The van der Waals surface area contributed by atoms with Crippen molar-refractivity contribution in [3.05, 3.63) is 12.2 Å². The number of carboxylic acid groups (broad SMARTS) is 1. The number of carbonyl (C=O) groups is 3. The average Bonchev–Trinajstić information content (AvgIpc) is 2.32. The van der Waals surface area contributed by atoms with Gasteiger partial charge in [0.25, 0.3) is 0 Å². The van der Waals surface area contributed by atoms with Gasteiger partial charge in [-0.15, -0.1) is 0 Å². The van der Waals surface area contributed by atoms with E-state index < -0.39 is 35.6 Å². The fourth-order valence-electron chi connectivity index (χ4n) is 1.46. The second-order valence-corrected chi connectivity index (χ2v) is 5.60. The third-order valence-electron chi connectivity index (χ3n) is 2.47. The number of esters is 1. The second kappa shape index (κ2) is 8.28. The zero-order valence-electron chi connectivity index (χ0n) is 13.0. The van der Waals surface area contributed by atoms with Crippen LogP contribution in [0.1, 0.15) is 34.1 Å². The van der Waals surface area contributed by atoms with Crippen LogP contribution in [0.5, 0.6) is 0 Å². The van der Waals surface area contributed by atoms with Gasteiger partial charge < -0.3 is 19.9 Å². The molecule has 7 heteroatoms. The molecule has 0 spiro atoms. The summed E-state index contributed by atoms with van der Waals surface area (Å²) in [6.07, 6.45) is 2.22. The maximum atomic E-state index is 11.6. The highest BCUT2D eigenvalue weighted by Crippen LogP contribution is 2.12. The molecule has 21 heavy (non-hydrogen) atoms. The molecule has 1 amide bonds. The first-order valence-corrected chi connectivity index (χ1v) is 6.53. The summed E-state index contributed by atoms with van der Waals surface area (Å²) in [6, 6.07) is -1.11. The fraction of sp³-hybridized carbons (Fsp3) is 0.643. The van der Waals surface area contributed by atoms with Gasteiger partial charge >= 0.3 is 18.0 Å². The number of allylic oxidation sites excluding steroid dienone is 1. The Kier molecular flexibility index (Phi) is 7.48. The number of nitrogens with one attached hydrogen (secondary N) is 1. The molecular weight excluding hydrogens is 278 g/mol. The van der Waals surface area contributed by atoms with Gasteiger partial charge in [0, 0.05) is 6.08 Å². The van der Waals surface area contributed by atoms with Crippen LogP contribution in [0.15, 0.2) is 12.2 Å². The maximum absolute atomic E-state index is 11.6. The molecule has 0 rings (SSSR count). The number of carboxylic acids is 1. The fourth-order valence-corrected chi connectivity index (χ4v) is 1.46. The van der Waals surface area contributed by atoms with Crippen molar-refractivity contribution in [3.8, 4) is 0 Å². The highest BCUT2D eigenvalue weighted by Gasteiger charge is 2.28. The van der Waals surface area contributed by atoms with Gasteiger partial charge in [-0.2, -0.15) is 0 Å². The quantitative estimate of drug-likeness (QED) is 0.572. The van der Waals surface area contributed by atoms with Crippen LogP contribution in [0.2, 0.25) is 0 Å². The number of carbonyl (C=O) groups excluding carboxylic acids is 2. The summed E-state index contributed by atoms with van der Waals surface area (Å²) in [7, 11) is 1.25. The van der Waals surface area contributed by atoms with Crippen LogP contribution in [-0.2, 0) is 19.1 Å². The molecule has 1 unspecified atom stereocenters. The number of rotatable bonds is 6. The van der Waals surface area contributed by atoms with E-state index in [1.165, 1.54) is 19.3 Å². The van der Waals surface area contributed by atoms with Crippen LogP contribution in [0.25, 0.3) is 0 Å². The van der Waals surface area contributed by atoms with E-state index in [2.05, 4.69) is 10.1 Å².